The van der Waals surface area contributed by atoms with E-state index in [0.29, 0.717) is 12.4 Å². The van der Waals surface area contributed by atoms with E-state index in [4.69, 9.17) is 0 Å². The van der Waals surface area contributed by atoms with Gasteiger partial charge in [-0.25, -0.2) is 4.68 Å². The zero-order chi connectivity index (χ0) is 17.9. The van der Waals surface area contributed by atoms with Gasteiger partial charge >= 0.3 is 6.18 Å². The average molecular weight is 345 g/mol. The summed E-state index contributed by atoms with van der Waals surface area (Å²) in [5.74, 6) is -0.216. The summed E-state index contributed by atoms with van der Waals surface area (Å²) in [7, 11) is 0. The second-order valence-corrected chi connectivity index (χ2v) is 5.39. The first-order chi connectivity index (χ1) is 11.9. The van der Waals surface area contributed by atoms with Crippen molar-refractivity contribution in [2.75, 3.05) is 5.32 Å². The van der Waals surface area contributed by atoms with E-state index < -0.39 is 17.6 Å². The number of hydrogen-bond donors (Lipinski definition) is 1. The van der Waals surface area contributed by atoms with Gasteiger partial charge in [-0.15, -0.1) is 0 Å². The molecule has 7 heteroatoms. The van der Waals surface area contributed by atoms with Crippen LogP contribution in [-0.2, 0) is 12.7 Å². The fourth-order valence-electron chi connectivity index (χ4n) is 2.35. The van der Waals surface area contributed by atoms with Crippen LogP contribution in [0, 0.1) is 0 Å². The largest absolute Gasteiger partial charge is 0.416 e. The number of carbonyl (C=O) groups is 1. The van der Waals surface area contributed by atoms with Crippen LogP contribution in [0.25, 0.3) is 0 Å². The molecule has 0 radical (unpaired) electrons. The average Bonchev–Trinajstić information content (AvgIpc) is 3.02. The highest BCUT2D eigenvalue weighted by molar-refractivity contribution is 6.03. The Hall–Kier alpha value is -3.09. The van der Waals surface area contributed by atoms with Crippen molar-refractivity contribution in [2.45, 2.75) is 12.7 Å². The van der Waals surface area contributed by atoms with E-state index in [1.165, 1.54) is 18.3 Å². The highest BCUT2D eigenvalue weighted by Gasteiger charge is 2.30. The highest BCUT2D eigenvalue weighted by Crippen LogP contribution is 2.29. The Labute approximate surface area is 141 Å². The summed E-state index contributed by atoms with van der Waals surface area (Å²) in [4.78, 5) is 12.3. The second kappa shape index (κ2) is 6.80. The third-order valence-corrected chi connectivity index (χ3v) is 3.59. The summed E-state index contributed by atoms with van der Waals surface area (Å²) in [6, 6.07) is 15.4. The van der Waals surface area contributed by atoms with Gasteiger partial charge in [0.1, 0.15) is 5.82 Å². The van der Waals surface area contributed by atoms with Crippen LogP contribution >= 0.6 is 0 Å². The quantitative estimate of drug-likeness (QED) is 0.770. The van der Waals surface area contributed by atoms with Crippen LogP contribution in [0.5, 0.6) is 0 Å². The molecule has 2 aromatic carbocycles. The first kappa shape index (κ1) is 16.8. The minimum atomic E-state index is -4.49. The van der Waals surface area contributed by atoms with Gasteiger partial charge in [-0.1, -0.05) is 36.4 Å². The van der Waals surface area contributed by atoms with Crippen molar-refractivity contribution in [3.63, 3.8) is 0 Å². The molecular weight excluding hydrogens is 331 g/mol. The highest BCUT2D eigenvalue weighted by atomic mass is 19.4. The van der Waals surface area contributed by atoms with Gasteiger partial charge < -0.3 is 5.32 Å². The topological polar surface area (TPSA) is 46.9 Å². The summed E-state index contributed by atoms with van der Waals surface area (Å²) in [5.41, 5.74) is 0.0565. The van der Waals surface area contributed by atoms with Gasteiger partial charge in [0.2, 0.25) is 0 Å². The number of carbonyl (C=O) groups excluding carboxylic acids is 1. The molecule has 0 bridgehead atoms. The third kappa shape index (κ3) is 4.06. The number of anilines is 1. The van der Waals surface area contributed by atoms with Crippen LogP contribution < -0.4 is 5.32 Å². The number of nitrogens with one attached hydrogen (secondary N) is 1. The van der Waals surface area contributed by atoms with E-state index in [1.807, 2.05) is 30.3 Å². The standard InChI is InChI=1S/C18H14F3N3O/c19-18(20,21)15-8-4-7-14(11-15)17(25)23-16-9-10-22-24(16)12-13-5-2-1-3-6-13/h1-11H,12H2,(H,23,25). The molecule has 3 aromatic rings. The lowest BCUT2D eigenvalue weighted by Gasteiger charge is -2.11. The predicted molar refractivity (Wildman–Crippen MR) is 87.2 cm³/mol. The van der Waals surface area contributed by atoms with Gasteiger partial charge in [0.05, 0.1) is 18.3 Å². The van der Waals surface area contributed by atoms with Crippen LogP contribution in [0.2, 0.25) is 0 Å². The summed E-state index contributed by atoms with van der Waals surface area (Å²) in [6.45, 7) is 0.437. The minimum Gasteiger partial charge on any atom is -0.307 e. The van der Waals surface area contributed by atoms with Crippen molar-refractivity contribution in [1.82, 2.24) is 9.78 Å². The molecule has 1 heterocycles. The van der Waals surface area contributed by atoms with Gasteiger partial charge in [0.15, 0.2) is 0 Å². The van der Waals surface area contributed by atoms with E-state index in [2.05, 4.69) is 10.4 Å². The molecule has 4 nitrogen and oxygen atoms in total. The fraction of sp³-hybridized carbons (Fsp3) is 0.111. The van der Waals surface area contributed by atoms with Crippen molar-refractivity contribution in [3.8, 4) is 0 Å². The molecule has 0 aliphatic heterocycles. The Bertz CT molecular complexity index is 873. The molecule has 25 heavy (non-hydrogen) atoms. The Kier molecular flexibility index (Phi) is 4.56. The molecule has 0 aliphatic carbocycles. The van der Waals surface area contributed by atoms with Gasteiger partial charge in [0.25, 0.3) is 5.91 Å². The van der Waals surface area contributed by atoms with Crippen molar-refractivity contribution in [1.29, 1.82) is 0 Å². The molecule has 0 atom stereocenters. The number of nitrogens with zero attached hydrogens (tertiary/aromatic N) is 2. The molecule has 0 saturated heterocycles. The van der Waals surface area contributed by atoms with Gasteiger partial charge in [-0.05, 0) is 23.8 Å². The smallest absolute Gasteiger partial charge is 0.307 e. The summed E-state index contributed by atoms with van der Waals surface area (Å²) in [6.07, 6.45) is -2.98. The maximum atomic E-state index is 12.8. The number of benzene rings is 2. The zero-order valence-corrected chi connectivity index (χ0v) is 13.0. The van der Waals surface area contributed by atoms with Crippen molar-refractivity contribution < 1.29 is 18.0 Å². The molecule has 1 amide bonds. The van der Waals surface area contributed by atoms with Crippen molar-refractivity contribution in [3.05, 3.63) is 83.6 Å². The zero-order valence-electron chi connectivity index (χ0n) is 13.0. The molecule has 128 valence electrons. The number of alkyl halides is 3. The maximum Gasteiger partial charge on any atom is 0.416 e. The molecule has 3 rings (SSSR count). The molecule has 0 aliphatic rings. The number of halogens is 3. The molecule has 1 N–H and O–H groups in total. The minimum absolute atomic E-state index is 0.0673. The SMILES string of the molecule is O=C(Nc1ccnn1Cc1ccccc1)c1cccc(C(F)(F)F)c1. The fourth-order valence-corrected chi connectivity index (χ4v) is 2.35. The molecule has 0 spiro atoms. The molecule has 0 unspecified atom stereocenters. The Balaban J connectivity index is 1.77. The van der Waals surface area contributed by atoms with Crippen LogP contribution in [0.15, 0.2) is 66.9 Å². The number of rotatable bonds is 4. The van der Waals surface area contributed by atoms with Crippen LogP contribution in [0.1, 0.15) is 21.5 Å². The Morgan fingerprint density at radius 1 is 1.04 bits per heavy atom. The first-order valence-electron chi connectivity index (χ1n) is 7.48. The monoisotopic (exact) mass is 345 g/mol. The van der Waals surface area contributed by atoms with Gasteiger partial charge in [0, 0.05) is 11.6 Å². The van der Waals surface area contributed by atoms with Crippen LogP contribution in [-0.4, -0.2) is 15.7 Å². The van der Waals surface area contributed by atoms with E-state index in [-0.39, 0.29) is 5.56 Å². The van der Waals surface area contributed by atoms with E-state index in [0.717, 1.165) is 17.7 Å². The number of amides is 1. The molecule has 1 aromatic heterocycles. The summed E-state index contributed by atoms with van der Waals surface area (Å²) >= 11 is 0. The van der Waals surface area contributed by atoms with E-state index >= 15 is 0 Å². The van der Waals surface area contributed by atoms with E-state index in [1.54, 1.807) is 10.7 Å². The molecular formula is C18H14F3N3O. The number of hydrogen-bond acceptors (Lipinski definition) is 2. The maximum absolute atomic E-state index is 12.8. The Morgan fingerprint density at radius 2 is 1.80 bits per heavy atom. The van der Waals surface area contributed by atoms with Crippen LogP contribution in [0.4, 0.5) is 19.0 Å². The van der Waals surface area contributed by atoms with Gasteiger partial charge in [-0.3, -0.25) is 4.79 Å². The lowest BCUT2D eigenvalue weighted by Crippen LogP contribution is -2.17. The number of aromatic nitrogens is 2. The van der Waals surface area contributed by atoms with Crippen molar-refractivity contribution in [2.24, 2.45) is 0 Å². The molecule has 0 fully saturated rings. The molecule has 0 saturated carbocycles. The summed E-state index contributed by atoms with van der Waals surface area (Å²) in [5, 5.41) is 6.74. The normalized spacial score (nSPS) is 11.3. The summed E-state index contributed by atoms with van der Waals surface area (Å²) < 4.78 is 39.9. The van der Waals surface area contributed by atoms with Crippen LogP contribution in [0.3, 0.4) is 0 Å². The van der Waals surface area contributed by atoms with E-state index in [9.17, 15) is 18.0 Å². The second-order valence-electron chi connectivity index (χ2n) is 5.39. The van der Waals surface area contributed by atoms with Crippen molar-refractivity contribution >= 4 is 11.7 Å². The lowest BCUT2D eigenvalue weighted by molar-refractivity contribution is -0.137. The lowest BCUT2D eigenvalue weighted by atomic mass is 10.1. The Morgan fingerprint density at radius 3 is 2.52 bits per heavy atom. The van der Waals surface area contributed by atoms with Gasteiger partial charge in [-0.2, -0.15) is 18.3 Å². The first-order valence-corrected chi connectivity index (χ1v) is 7.48. The predicted octanol–water partition coefficient (Wildman–Crippen LogP) is 4.20. The third-order valence-electron chi connectivity index (χ3n) is 3.59.